The van der Waals surface area contributed by atoms with Gasteiger partial charge in [0.1, 0.15) is 5.69 Å². The van der Waals surface area contributed by atoms with Crippen LogP contribution in [0.5, 0.6) is 0 Å². The number of aromatic nitrogens is 1. The number of nitro groups is 1. The molecule has 0 aliphatic heterocycles. The van der Waals surface area contributed by atoms with Crippen molar-refractivity contribution >= 4 is 11.6 Å². The first-order chi connectivity index (χ1) is 9.49. The fourth-order valence-corrected chi connectivity index (χ4v) is 1.31. The van der Waals surface area contributed by atoms with Crippen LogP contribution in [0.3, 0.4) is 0 Å². The van der Waals surface area contributed by atoms with Crippen LogP contribution in [0, 0.1) is 10.1 Å². The normalized spacial score (nSPS) is 9.85. The Labute approximate surface area is 117 Å². The Balaban J connectivity index is 0.000000396. The molecule has 1 heterocycles. The van der Waals surface area contributed by atoms with Crippen molar-refractivity contribution in [3.8, 4) is 0 Å². The van der Waals surface area contributed by atoms with Crippen LogP contribution in [0.4, 0.5) is 5.69 Å². The lowest BCUT2D eigenvalue weighted by molar-refractivity contribution is -0.384. The van der Waals surface area contributed by atoms with Crippen molar-refractivity contribution in [2.24, 2.45) is 0 Å². The highest BCUT2D eigenvalue weighted by molar-refractivity contribution is 5.92. The van der Waals surface area contributed by atoms with E-state index in [0.29, 0.717) is 0 Å². The maximum atomic E-state index is 10.9. The number of H-pyrrole nitrogens is 1. The quantitative estimate of drug-likeness (QED) is 0.440. The molecule has 9 nitrogen and oxygen atoms in total. The van der Waals surface area contributed by atoms with E-state index >= 15 is 0 Å². The number of rotatable bonds is 6. The minimum Gasteiger partial charge on any atom is -0.354 e. The van der Waals surface area contributed by atoms with Crippen LogP contribution >= 0.6 is 0 Å². The molecule has 20 heavy (non-hydrogen) atoms. The molecule has 9 heteroatoms. The fourth-order valence-electron chi connectivity index (χ4n) is 1.31. The highest BCUT2D eigenvalue weighted by atomic mass is 16.6. The van der Waals surface area contributed by atoms with Gasteiger partial charge in [-0.05, 0) is 6.42 Å². The summed E-state index contributed by atoms with van der Waals surface area (Å²) < 4.78 is 0. The van der Waals surface area contributed by atoms with Crippen LogP contribution in [-0.2, 0) is 0 Å². The third-order valence-electron chi connectivity index (χ3n) is 2.34. The predicted octanol–water partition coefficient (Wildman–Crippen LogP) is 0.250. The number of hydrogen-bond acceptors (Lipinski definition) is 6. The van der Waals surface area contributed by atoms with E-state index < -0.39 is 4.92 Å². The molecule has 0 spiro atoms. The Morgan fingerprint density at radius 3 is 2.30 bits per heavy atom. The zero-order valence-corrected chi connectivity index (χ0v) is 12.2. The molecule has 0 fully saturated rings. The molecule has 1 aromatic rings. The summed E-state index contributed by atoms with van der Waals surface area (Å²) in [4.78, 5) is 23.0. The molecule has 4 N–H and O–H groups in total. The molecule has 0 aliphatic rings. The number of carbonyl (C=O) groups excluding carboxylic acids is 1. The van der Waals surface area contributed by atoms with E-state index in [2.05, 4.69) is 28.1 Å². The number of amides is 1. The molecule has 1 rings (SSSR count). The second-order valence-corrected chi connectivity index (χ2v) is 3.71. The van der Waals surface area contributed by atoms with Crippen molar-refractivity contribution in [1.82, 2.24) is 26.3 Å². The number of nitrogens with one attached hydrogen (secondary N) is 4. The zero-order chi connectivity index (χ0) is 15.5. The molecule has 0 aliphatic carbocycles. The minimum absolute atomic E-state index is 0.117. The summed E-state index contributed by atoms with van der Waals surface area (Å²) in [5.74, 6) is -0.372. The number of carbonyl (C=O) groups is 1. The number of hydrazine groups is 2. The Morgan fingerprint density at radius 1 is 1.40 bits per heavy atom. The standard InChI is InChI=1S/C6H7N3O3.C5H15N3/c1-7-6(10)5-2-4(3-8-5)9(11)12;1-4-5-8(6-2)7-3/h2-3,8H,1H3,(H,7,10);6-7H,4-5H2,1-3H3. The summed E-state index contributed by atoms with van der Waals surface area (Å²) in [7, 11) is 5.24. The third-order valence-corrected chi connectivity index (χ3v) is 2.34. The first kappa shape index (κ1) is 18.0. The highest BCUT2D eigenvalue weighted by Gasteiger charge is 2.12. The van der Waals surface area contributed by atoms with E-state index in [9.17, 15) is 14.9 Å². The van der Waals surface area contributed by atoms with Gasteiger partial charge >= 0.3 is 0 Å². The molecule has 0 radical (unpaired) electrons. The minimum atomic E-state index is -0.567. The van der Waals surface area contributed by atoms with Gasteiger partial charge < -0.3 is 10.3 Å². The summed E-state index contributed by atoms with van der Waals surface area (Å²) in [6, 6.07) is 1.18. The largest absolute Gasteiger partial charge is 0.354 e. The number of aromatic amines is 1. The van der Waals surface area contributed by atoms with E-state index in [4.69, 9.17) is 0 Å². The van der Waals surface area contributed by atoms with E-state index in [-0.39, 0.29) is 17.3 Å². The molecule has 1 aromatic heterocycles. The van der Waals surface area contributed by atoms with Crippen molar-refractivity contribution in [1.29, 1.82) is 0 Å². The molecule has 0 unspecified atom stereocenters. The topological polar surface area (TPSA) is 115 Å². The maximum Gasteiger partial charge on any atom is 0.287 e. The monoisotopic (exact) mass is 286 g/mol. The molecule has 0 saturated heterocycles. The van der Waals surface area contributed by atoms with Gasteiger partial charge in [-0.15, -0.1) is 0 Å². The molecule has 0 bridgehead atoms. The third kappa shape index (κ3) is 6.27. The van der Waals surface area contributed by atoms with Crippen LogP contribution in [0.25, 0.3) is 0 Å². The van der Waals surface area contributed by atoms with Gasteiger partial charge in [0.25, 0.3) is 11.6 Å². The molecule has 0 aromatic carbocycles. The molecular formula is C11H22N6O3. The van der Waals surface area contributed by atoms with Crippen LogP contribution in [0.15, 0.2) is 12.3 Å². The van der Waals surface area contributed by atoms with Crippen LogP contribution in [0.1, 0.15) is 23.8 Å². The van der Waals surface area contributed by atoms with E-state index in [1.807, 2.05) is 19.2 Å². The van der Waals surface area contributed by atoms with Crippen molar-refractivity contribution in [2.75, 3.05) is 27.7 Å². The fraction of sp³-hybridized carbons (Fsp3) is 0.545. The molecule has 1 amide bonds. The predicted molar refractivity (Wildman–Crippen MR) is 76.0 cm³/mol. The summed E-state index contributed by atoms with van der Waals surface area (Å²) in [5, 5.41) is 14.5. The Morgan fingerprint density at radius 2 is 2.00 bits per heavy atom. The average molecular weight is 286 g/mol. The van der Waals surface area contributed by atoms with E-state index in [1.54, 1.807) is 0 Å². The van der Waals surface area contributed by atoms with Gasteiger partial charge in [0.2, 0.25) is 0 Å². The summed E-state index contributed by atoms with van der Waals surface area (Å²) in [5.41, 5.74) is 6.02. The van der Waals surface area contributed by atoms with Gasteiger partial charge in [0, 0.05) is 33.8 Å². The van der Waals surface area contributed by atoms with Gasteiger partial charge in [-0.2, -0.15) is 5.12 Å². The summed E-state index contributed by atoms with van der Waals surface area (Å²) in [6.45, 7) is 3.18. The van der Waals surface area contributed by atoms with E-state index in [1.165, 1.54) is 19.3 Å². The maximum absolute atomic E-state index is 10.9. The van der Waals surface area contributed by atoms with Gasteiger partial charge in [-0.1, -0.05) is 6.92 Å². The lowest BCUT2D eigenvalue weighted by atomic mass is 10.4. The lowest BCUT2D eigenvalue weighted by Gasteiger charge is -2.17. The zero-order valence-electron chi connectivity index (χ0n) is 12.2. The van der Waals surface area contributed by atoms with Crippen molar-refractivity contribution in [3.05, 3.63) is 28.1 Å². The van der Waals surface area contributed by atoms with Crippen molar-refractivity contribution in [2.45, 2.75) is 13.3 Å². The Hall–Kier alpha value is -1.97. The SMILES string of the molecule is CCCN(NC)NC.CNC(=O)c1cc([N+](=O)[O-])c[nH]1. The first-order valence-corrected chi connectivity index (χ1v) is 6.17. The van der Waals surface area contributed by atoms with E-state index in [0.717, 1.165) is 13.0 Å². The number of nitrogens with zero attached hydrogens (tertiary/aromatic N) is 2. The number of hydrogen-bond donors (Lipinski definition) is 4. The van der Waals surface area contributed by atoms with Gasteiger partial charge in [-0.25, -0.2) is 10.9 Å². The molecular weight excluding hydrogens is 264 g/mol. The molecule has 114 valence electrons. The second-order valence-electron chi connectivity index (χ2n) is 3.71. The Kier molecular flexibility index (Phi) is 8.92. The van der Waals surface area contributed by atoms with Crippen molar-refractivity contribution < 1.29 is 9.72 Å². The smallest absolute Gasteiger partial charge is 0.287 e. The van der Waals surface area contributed by atoms with Gasteiger partial charge in [0.15, 0.2) is 0 Å². The van der Waals surface area contributed by atoms with Gasteiger partial charge in [0.05, 0.1) is 11.1 Å². The highest BCUT2D eigenvalue weighted by Crippen LogP contribution is 2.11. The summed E-state index contributed by atoms with van der Waals surface area (Å²) in [6.07, 6.45) is 2.33. The lowest BCUT2D eigenvalue weighted by Crippen LogP contribution is -2.44. The second kappa shape index (κ2) is 9.89. The van der Waals surface area contributed by atoms with Crippen LogP contribution in [-0.4, -0.2) is 48.6 Å². The summed E-state index contributed by atoms with van der Waals surface area (Å²) >= 11 is 0. The average Bonchev–Trinajstić information content (AvgIpc) is 2.94. The van der Waals surface area contributed by atoms with Crippen molar-refractivity contribution in [3.63, 3.8) is 0 Å². The first-order valence-electron chi connectivity index (χ1n) is 6.17. The van der Waals surface area contributed by atoms with Crippen LogP contribution in [0.2, 0.25) is 0 Å². The molecule has 0 saturated carbocycles. The Bertz CT molecular complexity index is 416. The van der Waals surface area contributed by atoms with Crippen LogP contribution < -0.4 is 16.2 Å². The van der Waals surface area contributed by atoms with Gasteiger partial charge in [-0.3, -0.25) is 14.9 Å². The molecule has 0 atom stereocenters.